The number of halogens is 1. The van der Waals surface area contributed by atoms with Gasteiger partial charge in [0.15, 0.2) is 0 Å². The Morgan fingerprint density at radius 2 is 2.16 bits per heavy atom. The maximum atomic E-state index is 12.6. The zero-order valence-electron chi connectivity index (χ0n) is 15.4. The molecule has 1 saturated heterocycles. The molecule has 1 aliphatic heterocycles. The fourth-order valence-corrected chi connectivity index (χ4v) is 3.29. The normalized spacial score (nSPS) is 19.8. The third-order valence-electron chi connectivity index (χ3n) is 4.91. The predicted molar refractivity (Wildman–Crippen MR) is 101 cm³/mol. The number of hydrogen-bond donors (Lipinski definition) is 3. The van der Waals surface area contributed by atoms with E-state index in [-0.39, 0.29) is 17.4 Å². The van der Waals surface area contributed by atoms with Gasteiger partial charge in [0.2, 0.25) is 5.91 Å². The number of rotatable bonds is 6. The molecule has 1 aromatic carbocycles. The van der Waals surface area contributed by atoms with Gasteiger partial charge in [0, 0.05) is 24.7 Å². The number of nitrogens with two attached hydrogens (primary N) is 1. The van der Waals surface area contributed by atoms with Crippen molar-refractivity contribution in [2.24, 2.45) is 11.1 Å². The van der Waals surface area contributed by atoms with Gasteiger partial charge in [0.05, 0.1) is 12.1 Å². The first kappa shape index (κ1) is 20.2. The lowest BCUT2D eigenvalue weighted by molar-refractivity contribution is -0.126. The van der Waals surface area contributed by atoms with Crippen molar-refractivity contribution in [3.05, 3.63) is 34.3 Å². The minimum Gasteiger partial charge on any atom is -0.391 e. The summed E-state index contributed by atoms with van der Waals surface area (Å²) in [6, 6.07) is 5.37. The smallest absolute Gasteiger partial charge is 0.237 e. The Morgan fingerprint density at radius 3 is 2.80 bits per heavy atom. The third-order valence-corrected chi connectivity index (χ3v) is 5.15. The highest BCUT2D eigenvalue weighted by molar-refractivity contribution is 6.30. The van der Waals surface area contributed by atoms with Gasteiger partial charge < -0.3 is 16.2 Å². The van der Waals surface area contributed by atoms with Crippen LogP contribution in [-0.4, -0.2) is 41.1 Å². The third kappa shape index (κ3) is 5.42. The molecule has 5 nitrogen and oxygen atoms in total. The second-order valence-electron chi connectivity index (χ2n) is 7.87. The molecule has 0 unspecified atom stereocenters. The van der Waals surface area contributed by atoms with E-state index < -0.39 is 6.10 Å². The van der Waals surface area contributed by atoms with Gasteiger partial charge in [-0.3, -0.25) is 9.69 Å². The Morgan fingerprint density at radius 1 is 1.44 bits per heavy atom. The molecule has 1 fully saturated rings. The van der Waals surface area contributed by atoms with Crippen LogP contribution in [0.4, 0.5) is 0 Å². The number of benzene rings is 1. The largest absolute Gasteiger partial charge is 0.391 e. The molecule has 1 amide bonds. The molecule has 140 valence electrons. The van der Waals surface area contributed by atoms with Crippen molar-refractivity contribution in [3.63, 3.8) is 0 Å². The fraction of sp³-hybridized carbons (Fsp3) is 0.632. The van der Waals surface area contributed by atoms with Gasteiger partial charge in [-0.05, 0) is 48.1 Å². The summed E-state index contributed by atoms with van der Waals surface area (Å²) in [4.78, 5) is 14.7. The van der Waals surface area contributed by atoms with Crippen LogP contribution >= 0.6 is 11.6 Å². The average molecular weight is 368 g/mol. The number of aliphatic hydroxyl groups is 1. The maximum absolute atomic E-state index is 12.6. The molecule has 0 aliphatic carbocycles. The van der Waals surface area contributed by atoms with Gasteiger partial charge in [0.1, 0.15) is 0 Å². The van der Waals surface area contributed by atoms with Crippen LogP contribution in [0.25, 0.3) is 0 Å². The number of likely N-dealkylation sites (tertiary alicyclic amines) is 1. The molecule has 0 aromatic heterocycles. The number of carbonyl (C=O) groups excluding carboxylic acids is 1. The second kappa shape index (κ2) is 8.49. The van der Waals surface area contributed by atoms with Crippen LogP contribution in [0.3, 0.4) is 0 Å². The summed E-state index contributed by atoms with van der Waals surface area (Å²) < 4.78 is 0. The molecule has 1 aliphatic rings. The van der Waals surface area contributed by atoms with E-state index >= 15 is 0 Å². The van der Waals surface area contributed by atoms with E-state index in [4.69, 9.17) is 17.3 Å². The van der Waals surface area contributed by atoms with Crippen LogP contribution < -0.4 is 11.1 Å². The quantitative estimate of drug-likeness (QED) is 0.720. The monoisotopic (exact) mass is 367 g/mol. The summed E-state index contributed by atoms with van der Waals surface area (Å²) in [5.74, 6) is 0.00144. The maximum Gasteiger partial charge on any atom is 0.237 e. The number of nitrogens with zero attached hydrogens (tertiary/aromatic N) is 1. The topological polar surface area (TPSA) is 78.6 Å². The summed E-state index contributed by atoms with van der Waals surface area (Å²) in [7, 11) is 0. The minimum atomic E-state index is -0.460. The van der Waals surface area contributed by atoms with Gasteiger partial charge in [0.25, 0.3) is 0 Å². The standard InChI is InChI=1S/C19H30ClN3O2/c1-19(2,3)17(24)12-23-8-4-5-16(23)18(25)22-11-14-9-15(20)7-6-13(14)10-21/h6-7,9,16-17,24H,4-5,8,10-12,21H2,1-3H3,(H,22,25)/t16-,17-/m0/s1. The highest BCUT2D eigenvalue weighted by atomic mass is 35.5. The second-order valence-corrected chi connectivity index (χ2v) is 8.31. The highest BCUT2D eigenvalue weighted by Crippen LogP contribution is 2.24. The zero-order chi connectivity index (χ0) is 18.6. The van der Waals surface area contributed by atoms with E-state index in [1.807, 2.05) is 39.0 Å². The number of nitrogens with one attached hydrogen (secondary N) is 1. The lowest BCUT2D eigenvalue weighted by atomic mass is 9.89. The van der Waals surface area contributed by atoms with Crippen molar-refractivity contribution in [3.8, 4) is 0 Å². The Hall–Kier alpha value is -1.14. The van der Waals surface area contributed by atoms with Crippen molar-refractivity contribution in [2.45, 2.75) is 58.8 Å². The van der Waals surface area contributed by atoms with Crippen LogP contribution in [0.2, 0.25) is 5.02 Å². The summed E-state index contributed by atoms with van der Waals surface area (Å²) in [5, 5.41) is 14.0. The van der Waals surface area contributed by atoms with Crippen molar-refractivity contribution in [2.75, 3.05) is 13.1 Å². The number of aliphatic hydroxyl groups excluding tert-OH is 1. The summed E-state index contributed by atoms with van der Waals surface area (Å²) >= 11 is 6.05. The van der Waals surface area contributed by atoms with Gasteiger partial charge >= 0.3 is 0 Å². The lowest BCUT2D eigenvalue weighted by Crippen LogP contribution is -2.47. The number of amides is 1. The van der Waals surface area contributed by atoms with Crippen LogP contribution in [-0.2, 0) is 17.9 Å². The predicted octanol–water partition coefficient (Wildman–Crippen LogP) is 2.29. The molecular weight excluding hydrogens is 338 g/mol. The average Bonchev–Trinajstić information content (AvgIpc) is 3.00. The fourth-order valence-electron chi connectivity index (χ4n) is 3.10. The zero-order valence-corrected chi connectivity index (χ0v) is 16.1. The van der Waals surface area contributed by atoms with Crippen LogP contribution in [0.1, 0.15) is 44.7 Å². The van der Waals surface area contributed by atoms with E-state index in [1.54, 1.807) is 0 Å². The molecular formula is C19H30ClN3O2. The van der Waals surface area contributed by atoms with Gasteiger partial charge in [-0.25, -0.2) is 0 Å². The van der Waals surface area contributed by atoms with Crippen molar-refractivity contribution >= 4 is 17.5 Å². The van der Waals surface area contributed by atoms with E-state index in [2.05, 4.69) is 10.2 Å². The van der Waals surface area contributed by atoms with E-state index in [0.29, 0.717) is 24.7 Å². The van der Waals surface area contributed by atoms with Gasteiger partial charge in [-0.1, -0.05) is 38.4 Å². The first-order valence-corrected chi connectivity index (χ1v) is 9.27. The highest BCUT2D eigenvalue weighted by Gasteiger charge is 2.34. The molecule has 0 bridgehead atoms. The number of β-amino-alcohol motifs (C(OH)–C–C–N with tert-alkyl or cyclic N) is 1. The molecule has 0 radical (unpaired) electrons. The molecule has 0 spiro atoms. The first-order valence-electron chi connectivity index (χ1n) is 8.89. The molecule has 25 heavy (non-hydrogen) atoms. The van der Waals surface area contributed by atoms with Crippen LogP contribution in [0, 0.1) is 5.41 Å². The van der Waals surface area contributed by atoms with Crippen LogP contribution in [0.5, 0.6) is 0 Å². The van der Waals surface area contributed by atoms with Crippen molar-refractivity contribution in [1.82, 2.24) is 10.2 Å². The summed E-state index contributed by atoms with van der Waals surface area (Å²) in [5.41, 5.74) is 7.49. The molecule has 2 atom stereocenters. The van der Waals surface area contributed by atoms with Crippen molar-refractivity contribution < 1.29 is 9.90 Å². The Kier molecular flexibility index (Phi) is 6.86. The van der Waals surface area contributed by atoms with Gasteiger partial charge in [-0.2, -0.15) is 0 Å². The Balaban J connectivity index is 1.97. The minimum absolute atomic E-state index is 0.00144. The SMILES string of the molecule is CC(C)(C)[C@@H](O)CN1CCC[C@H]1C(=O)NCc1cc(Cl)ccc1CN. The molecule has 4 N–H and O–H groups in total. The number of carbonyl (C=O) groups is 1. The summed E-state index contributed by atoms with van der Waals surface area (Å²) in [6.45, 7) is 8.22. The molecule has 1 aromatic rings. The Bertz CT molecular complexity index is 601. The van der Waals surface area contributed by atoms with Crippen LogP contribution in [0.15, 0.2) is 18.2 Å². The molecule has 6 heteroatoms. The lowest BCUT2D eigenvalue weighted by Gasteiger charge is -2.32. The number of hydrogen-bond acceptors (Lipinski definition) is 4. The van der Waals surface area contributed by atoms with E-state index in [0.717, 1.165) is 30.5 Å². The van der Waals surface area contributed by atoms with E-state index in [9.17, 15) is 9.90 Å². The first-order chi connectivity index (χ1) is 11.7. The van der Waals surface area contributed by atoms with E-state index in [1.165, 1.54) is 0 Å². The van der Waals surface area contributed by atoms with Gasteiger partial charge in [-0.15, -0.1) is 0 Å². The summed E-state index contributed by atoms with van der Waals surface area (Å²) in [6.07, 6.45) is 1.33. The molecule has 0 saturated carbocycles. The Labute approximate surface area is 155 Å². The molecule has 2 rings (SSSR count). The van der Waals surface area contributed by atoms with Crippen molar-refractivity contribution in [1.29, 1.82) is 0 Å². The molecule has 1 heterocycles.